The van der Waals surface area contributed by atoms with Gasteiger partial charge in [-0.15, -0.1) is 0 Å². The van der Waals surface area contributed by atoms with E-state index >= 15 is 0 Å². The lowest BCUT2D eigenvalue weighted by atomic mass is 9.78. The normalized spacial score (nSPS) is 12.0. The maximum Gasteiger partial charge on any atom is 0.338 e. The van der Waals surface area contributed by atoms with Gasteiger partial charge in [-0.25, -0.2) is 4.79 Å². The molecule has 0 saturated carbocycles. The number of allylic oxidation sites excluding steroid dienone is 1. The van der Waals surface area contributed by atoms with Crippen LogP contribution >= 0.6 is 0 Å². The van der Waals surface area contributed by atoms with Crippen LogP contribution in [0.2, 0.25) is 0 Å². The summed E-state index contributed by atoms with van der Waals surface area (Å²) in [5.74, 6) is 0.883. The van der Waals surface area contributed by atoms with E-state index in [2.05, 4.69) is 13.8 Å². The van der Waals surface area contributed by atoms with Crippen molar-refractivity contribution in [2.75, 3.05) is 6.61 Å². The van der Waals surface area contributed by atoms with E-state index in [1.165, 1.54) is 0 Å². The van der Waals surface area contributed by atoms with Crippen LogP contribution in [-0.4, -0.2) is 12.6 Å². The molecule has 0 aliphatic rings. The second kappa shape index (κ2) is 8.68. The smallest absolute Gasteiger partial charge is 0.338 e. The summed E-state index contributed by atoms with van der Waals surface area (Å²) < 4.78 is 5.36. The van der Waals surface area contributed by atoms with Crippen molar-refractivity contribution in [3.63, 3.8) is 0 Å². The van der Waals surface area contributed by atoms with Gasteiger partial charge >= 0.3 is 5.97 Å². The van der Waals surface area contributed by atoms with Gasteiger partial charge in [-0.2, -0.15) is 4.89 Å². The van der Waals surface area contributed by atoms with Crippen LogP contribution in [0.1, 0.15) is 45.7 Å². The van der Waals surface area contributed by atoms with Crippen molar-refractivity contribution in [2.24, 2.45) is 0 Å². The molecule has 0 fully saturated rings. The van der Waals surface area contributed by atoms with Crippen LogP contribution in [0.4, 0.5) is 0 Å². The number of ether oxygens (including phenoxy) is 1. The Morgan fingerprint density at radius 1 is 0.962 bits per heavy atom. The second-order valence-electron chi connectivity index (χ2n) is 6.52. The van der Waals surface area contributed by atoms with Crippen LogP contribution in [0.3, 0.4) is 0 Å². The highest BCUT2D eigenvalue weighted by Gasteiger charge is 2.23. The second-order valence-corrected chi connectivity index (χ2v) is 6.52. The standard InChI is InChI=1S/C22H26O4/c1-6-16(3)21(23)25-19-12-8-17(9-13-19)22(4,5)18-10-14-20(15-11-18)26-24-7-2/h6,8-15H,7H2,1-5H3. The summed E-state index contributed by atoms with van der Waals surface area (Å²) in [7, 11) is 0. The van der Waals surface area contributed by atoms with Crippen LogP contribution in [0.25, 0.3) is 0 Å². The summed E-state index contributed by atoms with van der Waals surface area (Å²) in [5.41, 5.74) is 2.66. The average molecular weight is 354 g/mol. The monoisotopic (exact) mass is 354 g/mol. The molecule has 0 atom stereocenters. The molecule has 0 amide bonds. The van der Waals surface area contributed by atoms with E-state index < -0.39 is 0 Å². The van der Waals surface area contributed by atoms with Crippen molar-refractivity contribution in [2.45, 2.75) is 40.0 Å². The summed E-state index contributed by atoms with van der Waals surface area (Å²) in [5, 5.41) is 0. The number of esters is 1. The van der Waals surface area contributed by atoms with Crippen LogP contribution in [0, 0.1) is 0 Å². The number of hydrogen-bond acceptors (Lipinski definition) is 4. The third-order valence-electron chi connectivity index (χ3n) is 4.39. The van der Waals surface area contributed by atoms with E-state index in [4.69, 9.17) is 14.5 Å². The minimum absolute atomic E-state index is 0.202. The fourth-order valence-corrected chi connectivity index (χ4v) is 2.47. The zero-order valence-corrected chi connectivity index (χ0v) is 16.0. The molecular weight excluding hydrogens is 328 g/mol. The van der Waals surface area contributed by atoms with Crippen molar-refractivity contribution in [1.29, 1.82) is 0 Å². The molecule has 2 rings (SSSR count). The number of hydrogen-bond donors (Lipinski definition) is 0. The van der Waals surface area contributed by atoms with E-state index in [-0.39, 0.29) is 11.4 Å². The Hall–Kier alpha value is -2.59. The third kappa shape index (κ3) is 4.73. The molecule has 0 aliphatic carbocycles. The first-order valence-corrected chi connectivity index (χ1v) is 8.74. The van der Waals surface area contributed by atoms with E-state index in [1.54, 1.807) is 13.0 Å². The van der Waals surface area contributed by atoms with Crippen molar-refractivity contribution >= 4 is 5.97 Å². The molecule has 0 spiro atoms. The fraction of sp³-hybridized carbons (Fsp3) is 0.318. The van der Waals surface area contributed by atoms with E-state index in [1.807, 2.05) is 62.4 Å². The molecule has 0 aliphatic heterocycles. The van der Waals surface area contributed by atoms with Gasteiger partial charge in [-0.1, -0.05) is 44.2 Å². The molecule has 0 radical (unpaired) electrons. The summed E-state index contributed by atoms with van der Waals surface area (Å²) in [6, 6.07) is 15.5. The summed E-state index contributed by atoms with van der Waals surface area (Å²) >= 11 is 0. The molecular formula is C22H26O4. The summed E-state index contributed by atoms with van der Waals surface area (Å²) in [4.78, 5) is 22.0. The van der Waals surface area contributed by atoms with Crippen LogP contribution in [0.15, 0.2) is 60.2 Å². The van der Waals surface area contributed by atoms with Gasteiger partial charge in [0.05, 0.1) is 6.61 Å². The van der Waals surface area contributed by atoms with Crippen molar-refractivity contribution in [1.82, 2.24) is 0 Å². The largest absolute Gasteiger partial charge is 0.423 e. The third-order valence-corrected chi connectivity index (χ3v) is 4.39. The van der Waals surface area contributed by atoms with Gasteiger partial charge in [-0.3, -0.25) is 0 Å². The van der Waals surface area contributed by atoms with Crippen molar-refractivity contribution in [3.8, 4) is 11.5 Å². The topological polar surface area (TPSA) is 44.8 Å². The highest BCUT2D eigenvalue weighted by Crippen LogP contribution is 2.33. The molecule has 2 aromatic rings. The summed E-state index contributed by atoms with van der Waals surface area (Å²) in [6.07, 6.45) is 1.73. The number of carbonyl (C=O) groups excluding carboxylic acids is 1. The Balaban J connectivity index is 2.14. The number of rotatable bonds is 7. The Labute approximate surface area is 155 Å². The molecule has 0 saturated heterocycles. The summed E-state index contributed by atoms with van der Waals surface area (Å²) in [6.45, 7) is 10.2. The average Bonchev–Trinajstić information content (AvgIpc) is 2.66. The Morgan fingerprint density at radius 2 is 1.46 bits per heavy atom. The molecule has 4 heteroatoms. The molecule has 0 aromatic heterocycles. The predicted molar refractivity (Wildman–Crippen MR) is 102 cm³/mol. The molecule has 0 bridgehead atoms. The SMILES string of the molecule is CC=C(C)C(=O)Oc1ccc(C(C)(C)c2ccc(OOCC)cc2)cc1. The lowest BCUT2D eigenvalue weighted by molar-refractivity contribution is -0.202. The van der Waals surface area contributed by atoms with Gasteiger partial charge in [0, 0.05) is 11.0 Å². The maximum atomic E-state index is 11.8. The van der Waals surface area contributed by atoms with Crippen molar-refractivity contribution < 1.29 is 19.3 Å². The molecule has 0 unspecified atom stereocenters. The lowest BCUT2D eigenvalue weighted by Gasteiger charge is -2.26. The first-order chi connectivity index (χ1) is 12.4. The first kappa shape index (κ1) is 19.7. The molecule has 2 aromatic carbocycles. The molecule has 0 N–H and O–H groups in total. The van der Waals surface area contributed by atoms with Gasteiger partial charge < -0.3 is 9.62 Å². The quantitative estimate of drug-likeness (QED) is 0.225. The van der Waals surface area contributed by atoms with Gasteiger partial charge in [0.25, 0.3) is 0 Å². The van der Waals surface area contributed by atoms with Crippen LogP contribution < -0.4 is 9.62 Å². The van der Waals surface area contributed by atoms with E-state index in [9.17, 15) is 4.79 Å². The fourth-order valence-electron chi connectivity index (χ4n) is 2.47. The molecule has 26 heavy (non-hydrogen) atoms. The minimum Gasteiger partial charge on any atom is -0.423 e. The highest BCUT2D eigenvalue weighted by molar-refractivity contribution is 5.89. The number of benzene rings is 2. The van der Waals surface area contributed by atoms with Crippen LogP contribution in [-0.2, 0) is 15.1 Å². The molecule has 4 nitrogen and oxygen atoms in total. The van der Waals surface area contributed by atoms with E-state index in [0.29, 0.717) is 23.7 Å². The van der Waals surface area contributed by atoms with Gasteiger partial charge in [0.15, 0.2) is 5.75 Å². The first-order valence-electron chi connectivity index (χ1n) is 8.74. The van der Waals surface area contributed by atoms with E-state index in [0.717, 1.165) is 11.1 Å². The predicted octanol–water partition coefficient (Wildman–Crippen LogP) is 5.21. The minimum atomic E-state index is -0.329. The zero-order chi connectivity index (χ0) is 19.2. The Kier molecular flexibility index (Phi) is 6.58. The maximum absolute atomic E-state index is 11.8. The van der Waals surface area contributed by atoms with Gasteiger partial charge in [0.2, 0.25) is 0 Å². The van der Waals surface area contributed by atoms with Gasteiger partial charge in [0.1, 0.15) is 5.75 Å². The highest BCUT2D eigenvalue weighted by atomic mass is 17.2. The Bertz CT molecular complexity index is 756. The zero-order valence-electron chi connectivity index (χ0n) is 16.0. The lowest BCUT2D eigenvalue weighted by Crippen LogP contribution is -2.18. The molecule has 0 heterocycles. The van der Waals surface area contributed by atoms with Crippen LogP contribution in [0.5, 0.6) is 11.5 Å². The Morgan fingerprint density at radius 3 is 1.92 bits per heavy atom. The van der Waals surface area contributed by atoms with Crippen molar-refractivity contribution in [3.05, 3.63) is 71.3 Å². The molecule has 138 valence electrons. The number of carbonyl (C=O) groups is 1. The van der Waals surface area contributed by atoms with Gasteiger partial charge in [-0.05, 0) is 56.2 Å².